The minimum Gasteiger partial charge on any atom is -0.492 e. The number of rotatable bonds is 8. The predicted molar refractivity (Wildman–Crippen MR) is 105 cm³/mol. The summed E-state index contributed by atoms with van der Waals surface area (Å²) in [7, 11) is 3.88. The number of nitrogens with zero attached hydrogens (tertiary/aromatic N) is 2. The number of guanidine groups is 1. The molecule has 0 aromatic heterocycles. The summed E-state index contributed by atoms with van der Waals surface area (Å²) in [5, 5.41) is 6.52. The summed E-state index contributed by atoms with van der Waals surface area (Å²) in [6.45, 7) is 8.47. The van der Waals surface area contributed by atoms with Crippen LogP contribution in [0, 0.1) is 6.92 Å². The molecule has 0 bridgehead atoms. The smallest absolute Gasteiger partial charge is 0.191 e. The Hall–Kier alpha value is -1.02. The molecular weight excluding hydrogens is 391 g/mol. The van der Waals surface area contributed by atoms with Crippen LogP contribution in [0.4, 0.5) is 0 Å². The molecule has 0 atom stereocenters. The molecule has 2 N–H and O–H groups in total. The maximum atomic E-state index is 5.66. The summed E-state index contributed by atoms with van der Waals surface area (Å²) in [6, 6.07) is 8.08. The molecular formula is C16H29IN4O. The average molecular weight is 420 g/mol. The van der Waals surface area contributed by atoms with Crippen molar-refractivity contribution in [1.29, 1.82) is 0 Å². The van der Waals surface area contributed by atoms with Gasteiger partial charge in [0.15, 0.2) is 5.96 Å². The lowest BCUT2D eigenvalue weighted by atomic mass is 10.2. The zero-order valence-electron chi connectivity index (χ0n) is 14.1. The van der Waals surface area contributed by atoms with Gasteiger partial charge in [0.1, 0.15) is 12.4 Å². The Morgan fingerprint density at radius 1 is 1.18 bits per heavy atom. The number of likely N-dealkylation sites (N-methyl/N-ethyl adjacent to an activating group) is 1. The third kappa shape index (κ3) is 9.09. The number of aryl methyl sites for hydroxylation is 1. The molecule has 1 aromatic rings. The first-order valence-corrected chi connectivity index (χ1v) is 7.48. The van der Waals surface area contributed by atoms with Gasteiger partial charge in [0, 0.05) is 20.1 Å². The minimum atomic E-state index is 0. The van der Waals surface area contributed by atoms with Gasteiger partial charge in [0.05, 0.1) is 6.54 Å². The maximum Gasteiger partial charge on any atom is 0.191 e. The zero-order valence-corrected chi connectivity index (χ0v) is 16.4. The van der Waals surface area contributed by atoms with E-state index < -0.39 is 0 Å². The summed E-state index contributed by atoms with van der Waals surface area (Å²) in [6.07, 6.45) is 0. The second kappa shape index (κ2) is 12.5. The second-order valence-electron chi connectivity index (χ2n) is 4.98. The molecule has 0 saturated heterocycles. The van der Waals surface area contributed by atoms with E-state index in [2.05, 4.69) is 41.4 Å². The largest absolute Gasteiger partial charge is 0.492 e. The molecule has 1 aromatic carbocycles. The summed E-state index contributed by atoms with van der Waals surface area (Å²) in [4.78, 5) is 6.44. The molecule has 0 saturated carbocycles. The lowest BCUT2D eigenvalue weighted by Gasteiger charge is -2.16. The molecule has 22 heavy (non-hydrogen) atoms. The van der Waals surface area contributed by atoms with E-state index in [1.807, 2.05) is 24.3 Å². The van der Waals surface area contributed by atoms with Crippen molar-refractivity contribution in [2.24, 2.45) is 4.99 Å². The van der Waals surface area contributed by atoms with Gasteiger partial charge in [-0.05, 0) is 32.6 Å². The van der Waals surface area contributed by atoms with Crippen LogP contribution in [0.1, 0.15) is 12.5 Å². The molecule has 0 fully saturated rings. The summed E-state index contributed by atoms with van der Waals surface area (Å²) >= 11 is 0. The Morgan fingerprint density at radius 2 is 1.82 bits per heavy atom. The Kier molecular flexibility index (Phi) is 11.9. The van der Waals surface area contributed by atoms with Crippen molar-refractivity contribution in [3.05, 3.63) is 29.8 Å². The monoisotopic (exact) mass is 420 g/mol. The first-order chi connectivity index (χ1) is 10.2. The van der Waals surface area contributed by atoms with E-state index in [1.54, 1.807) is 7.05 Å². The van der Waals surface area contributed by atoms with Crippen LogP contribution in [-0.2, 0) is 0 Å². The van der Waals surface area contributed by atoms with Gasteiger partial charge < -0.3 is 20.3 Å². The number of aliphatic imine (C=N–C) groups is 1. The quantitative estimate of drug-likeness (QED) is 0.293. The van der Waals surface area contributed by atoms with Crippen LogP contribution in [0.15, 0.2) is 29.3 Å². The van der Waals surface area contributed by atoms with Gasteiger partial charge >= 0.3 is 0 Å². The fourth-order valence-electron chi connectivity index (χ4n) is 1.72. The Balaban J connectivity index is 0.00000441. The highest BCUT2D eigenvalue weighted by Crippen LogP contribution is 2.10. The van der Waals surface area contributed by atoms with Gasteiger partial charge in [-0.1, -0.05) is 24.6 Å². The first-order valence-electron chi connectivity index (χ1n) is 7.48. The number of benzene rings is 1. The zero-order chi connectivity index (χ0) is 15.5. The van der Waals surface area contributed by atoms with Crippen molar-refractivity contribution in [2.75, 3.05) is 46.9 Å². The Labute approximate surface area is 151 Å². The molecule has 0 unspecified atom stereocenters. The third-order valence-corrected chi connectivity index (χ3v) is 3.23. The van der Waals surface area contributed by atoms with Gasteiger partial charge in [-0.25, -0.2) is 0 Å². The number of hydrogen-bond donors (Lipinski definition) is 2. The summed E-state index contributed by atoms with van der Waals surface area (Å²) in [5.74, 6) is 1.71. The molecule has 0 heterocycles. The van der Waals surface area contributed by atoms with Gasteiger partial charge in [-0.15, -0.1) is 24.0 Å². The first kappa shape index (κ1) is 21.0. The van der Waals surface area contributed by atoms with Crippen molar-refractivity contribution in [3.63, 3.8) is 0 Å². The average Bonchev–Trinajstić information content (AvgIpc) is 2.51. The van der Waals surface area contributed by atoms with Crippen LogP contribution in [0.25, 0.3) is 0 Å². The molecule has 0 radical (unpaired) electrons. The van der Waals surface area contributed by atoms with Crippen molar-refractivity contribution in [1.82, 2.24) is 15.5 Å². The van der Waals surface area contributed by atoms with Crippen LogP contribution < -0.4 is 15.4 Å². The van der Waals surface area contributed by atoms with Crippen LogP contribution in [0.5, 0.6) is 5.75 Å². The molecule has 0 aliphatic heterocycles. The Morgan fingerprint density at radius 3 is 2.41 bits per heavy atom. The van der Waals surface area contributed by atoms with Crippen molar-refractivity contribution < 1.29 is 4.74 Å². The van der Waals surface area contributed by atoms with Crippen molar-refractivity contribution in [3.8, 4) is 5.75 Å². The second-order valence-corrected chi connectivity index (χ2v) is 4.98. The van der Waals surface area contributed by atoms with Gasteiger partial charge in [0.2, 0.25) is 0 Å². The van der Waals surface area contributed by atoms with Crippen LogP contribution in [-0.4, -0.2) is 57.7 Å². The van der Waals surface area contributed by atoms with Gasteiger partial charge in [0.25, 0.3) is 0 Å². The standard InChI is InChI=1S/C16H28N4O.HI/c1-5-20(4)12-10-18-16(17-3)19-11-13-21-15-8-6-14(2)7-9-15;/h6-9H,5,10-13H2,1-4H3,(H2,17,18,19);1H. The lowest BCUT2D eigenvalue weighted by Crippen LogP contribution is -2.42. The van der Waals surface area contributed by atoms with Crippen LogP contribution >= 0.6 is 24.0 Å². The highest BCUT2D eigenvalue weighted by atomic mass is 127. The highest BCUT2D eigenvalue weighted by Gasteiger charge is 1.99. The fraction of sp³-hybridized carbons (Fsp3) is 0.562. The van der Waals surface area contributed by atoms with E-state index in [9.17, 15) is 0 Å². The van der Waals surface area contributed by atoms with Gasteiger partial charge in [-0.2, -0.15) is 0 Å². The fourth-order valence-corrected chi connectivity index (χ4v) is 1.72. The van der Waals surface area contributed by atoms with E-state index in [0.29, 0.717) is 6.61 Å². The molecule has 0 amide bonds. The van der Waals surface area contributed by atoms with E-state index in [1.165, 1.54) is 5.56 Å². The SMILES string of the molecule is CCN(C)CCNC(=NC)NCCOc1ccc(C)cc1.I. The molecule has 6 heteroatoms. The molecule has 1 rings (SSSR count). The van der Waals surface area contributed by atoms with Crippen molar-refractivity contribution >= 4 is 29.9 Å². The summed E-state index contributed by atoms with van der Waals surface area (Å²) in [5.41, 5.74) is 1.24. The number of nitrogens with one attached hydrogen (secondary N) is 2. The number of ether oxygens (including phenoxy) is 1. The van der Waals surface area contributed by atoms with E-state index in [0.717, 1.165) is 37.9 Å². The topological polar surface area (TPSA) is 48.9 Å². The van der Waals surface area contributed by atoms with E-state index in [-0.39, 0.29) is 24.0 Å². The molecule has 126 valence electrons. The maximum absolute atomic E-state index is 5.66. The van der Waals surface area contributed by atoms with E-state index in [4.69, 9.17) is 4.74 Å². The predicted octanol–water partition coefficient (Wildman–Crippen LogP) is 2.11. The minimum absolute atomic E-state index is 0. The Bertz CT molecular complexity index is 423. The number of hydrogen-bond acceptors (Lipinski definition) is 3. The lowest BCUT2D eigenvalue weighted by molar-refractivity contribution is 0.321. The molecule has 0 aliphatic carbocycles. The third-order valence-electron chi connectivity index (χ3n) is 3.23. The summed E-state index contributed by atoms with van der Waals surface area (Å²) < 4.78 is 5.66. The molecule has 5 nitrogen and oxygen atoms in total. The highest BCUT2D eigenvalue weighted by molar-refractivity contribution is 14.0. The van der Waals surface area contributed by atoms with E-state index >= 15 is 0 Å². The molecule has 0 aliphatic rings. The molecule has 0 spiro atoms. The van der Waals surface area contributed by atoms with Gasteiger partial charge in [-0.3, -0.25) is 4.99 Å². The van der Waals surface area contributed by atoms with Crippen LogP contribution in [0.3, 0.4) is 0 Å². The van der Waals surface area contributed by atoms with Crippen LogP contribution in [0.2, 0.25) is 0 Å². The number of halogens is 1. The van der Waals surface area contributed by atoms with Crippen molar-refractivity contribution in [2.45, 2.75) is 13.8 Å². The normalized spacial score (nSPS) is 11.0.